The van der Waals surface area contributed by atoms with Gasteiger partial charge >= 0.3 is 0 Å². The number of fused-ring (bicyclic) bond motifs is 3. The molecular formula is C50H37N3O. The van der Waals surface area contributed by atoms with Crippen LogP contribution in [-0.4, -0.2) is 15.0 Å². The van der Waals surface area contributed by atoms with Gasteiger partial charge in [-0.15, -0.1) is 0 Å². The van der Waals surface area contributed by atoms with E-state index in [1.54, 1.807) is 0 Å². The Balaban J connectivity index is 1.15. The number of benzene rings is 5. The molecule has 1 aliphatic rings. The number of nitrogens with zero attached hydrogens (tertiary/aromatic N) is 3. The molecule has 0 amide bonds. The molecule has 3 aromatic heterocycles. The fourth-order valence-corrected chi connectivity index (χ4v) is 7.34. The average Bonchev–Trinajstić information content (AvgIpc) is 3.62. The van der Waals surface area contributed by atoms with Gasteiger partial charge in [0.1, 0.15) is 11.3 Å². The maximum atomic E-state index is 6.57. The molecule has 0 fully saturated rings. The first-order chi connectivity index (χ1) is 26.7. The molecule has 0 N–H and O–H groups in total. The van der Waals surface area contributed by atoms with Gasteiger partial charge in [-0.3, -0.25) is 4.98 Å². The highest BCUT2D eigenvalue weighted by molar-refractivity contribution is 6.01. The fraction of sp³-hybridized carbons (Fsp3) is 0.0600. The van der Waals surface area contributed by atoms with Crippen LogP contribution in [0.1, 0.15) is 35.9 Å². The Kier molecular flexibility index (Phi) is 8.92. The predicted octanol–water partition coefficient (Wildman–Crippen LogP) is 12.9. The van der Waals surface area contributed by atoms with E-state index >= 15 is 0 Å². The number of aryl methyl sites for hydroxylation is 1. The van der Waals surface area contributed by atoms with Gasteiger partial charge in [-0.25, -0.2) is 9.97 Å². The number of pyridine rings is 1. The zero-order valence-corrected chi connectivity index (χ0v) is 30.0. The minimum absolute atomic E-state index is 0.704. The summed E-state index contributed by atoms with van der Waals surface area (Å²) in [5.41, 5.74) is 14.6. The van der Waals surface area contributed by atoms with Crippen molar-refractivity contribution in [2.75, 3.05) is 0 Å². The topological polar surface area (TPSA) is 51.8 Å². The maximum absolute atomic E-state index is 6.57. The number of furan rings is 1. The van der Waals surface area contributed by atoms with E-state index in [0.29, 0.717) is 5.82 Å². The van der Waals surface area contributed by atoms with Crippen molar-refractivity contribution in [3.63, 3.8) is 0 Å². The lowest BCUT2D eigenvalue weighted by Crippen LogP contribution is -1.99. The molecule has 9 rings (SSSR count). The van der Waals surface area contributed by atoms with Crippen LogP contribution in [0.25, 0.3) is 78.8 Å². The molecule has 0 saturated heterocycles. The van der Waals surface area contributed by atoms with Crippen molar-refractivity contribution in [1.82, 2.24) is 15.0 Å². The minimum atomic E-state index is 0.704. The smallest absolute Gasteiger partial charge is 0.160 e. The van der Waals surface area contributed by atoms with E-state index in [1.165, 1.54) is 0 Å². The van der Waals surface area contributed by atoms with Crippen molar-refractivity contribution in [2.45, 2.75) is 19.8 Å². The molecular weight excluding hydrogens is 659 g/mol. The van der Waals surface area contributed by atoms with Gasteiger partial charge < -0.3 is 4.42 Å². The molecule has 0 atom stereocenters. The molecule has 258 valence electrons. The van der Waals surface area contributed by atoms with E-state index in [1.807, 2.05) is 67.7 Å². The van der Waals surface area contributed by atoms with Crippen molar-refractivity contribution in [3.05, 3.63) is 199 Å². The van der Waals surface area contributed by atoms with E-state index in [0.717, 1.165) is 102 Å². The summed E-state index contributed by atoms with van der Waals surface area (Å²) in [5.74, 6) is 1.73. The highest BCUT2D eigenvalue weighted by atomic mass is 16.3. The summed E-state index contributed by atoms with van der Waals surface area (Å²) in [6.45, 7) is 2.03. The van der Waals surface area contributed by atoms with Crippen molar-refractivity contribution >= 4 is 22.6 Å². The van der Waals surface area contributed by atoms with Crippen LogP contribution >= 0.6 is 0 Å². The van der Waals surface area contributed by atoms with Crippen LogP contribution < -0.4 is 0 Å². The summed E-state index contributed by atoms with van der Waals surface area (Å²) in [5, 5.41) is 1.11. The molecule has 0 spiro atoms. The molecule has 0 saturated carbocycles. The second kappa shape index (κ2) is 14.6. The van der Waals surface area contributed by atoms with Gasteiger partial charge in [0.05, 0.1) is 17.1 Å². The summed E-state index contributed by atoms with van der Waals surface area (Å²) in [6.07, 6.45) is 14.3. The summed E-state index contributed by atoms with van der Waals surface area (Å²) in [6, 6.07) is 50.7. The van der Waals surface area contributed by atoms with Crippen LogP contribution in [-0.2, 0) is 6.42 Å². The third-order valence-electron chi connectivity index (χ3n) is 9.94. The minimum Gasteiger partial charge on any atom is -0.460 e. The normalized spacial score (nSPS) is 12.7. The number of hydrogen-bond donors (Lipinski definition) is 0. The Morgan fingerprint density at radius 2 is 1.24 bits per heavy atom. The van der Waals surface area contributed by atoms with Gasteiger partial charge in [0.25, 0.3) is 0 Å². The Bertz CT molecular complexity index is 2650. The van der Waals surface area contributed by atoms with E-state index < -0.39 is 0 Å². The molecule has 3 heterocycles. The van der Waals surface area contributed by atoms with Gasteiger partial charge in [0, 0.05) is 45.8 Å². The average molecular weight is 696 g/mol. The molecule has 0 bridgehead atoms. The first-order valence-corrected chi connectivity index (χ1v) is 18.4. The second-order valence-corrected chi connectivity index (χ2v) is 13.4. The standard InChI is InChI=1S/C50H37N3O/c1-2-3-6-20-39-31-48-43(49-41(25-15-27-47(49)54-48)44-26-11-12-28-51-44)32-42(39)38-23-13-21-36(29-38)37-22-14-24-40(30-37)46-33-45(34-16-7-4-8-17-34)52-50(53-46)35-18-9-5-10-19-35/h2-14,16-26,28-33H,15,27H2,1H3/b3-2-,20-6-. The first-order valence-electron chi connectivity index (χ1n) is 18.4. The molecule has 0 radical (unpaired) electrons. The molecule has 1 aliphatic carbocycles. The Labute approximate surface area is 315 Å². The summed E-state index contributed by atoms with van der Waals surface area (Å²) in [4.78, 5) is 14.8. The Hall–Kier alpha value is -6.91. The number of rotatable bonds is 8. The second-order valence-electron chi connectivity index (χ2n) is 13.4. The van der Waals surface area contributed by atoms with Crippen LogP contribution in [0.5, 0.6) is 0 Å². The van der Waals surface area contributed by atoms with Crippen LogP contribution in [0.15, 0.2) is 181 Å². The Morgan fingerprint density at radius 1 is 0.574 bits per heavy atom. The van der Waals surface area contributed by atoms with Crippen LogP contribution in [0.3, 0.4) is 0 Å². The van der Waals surface area contributed by atoms with Crippen LogP contribution in [0.4, 0.5) is 0 Å². The zero-order chi connectivity index (χ0) is 36.3. The SMILES string of the molecule is C/C=C\C=C/c1cc2oc3c(c2cc1-c1cccc(-c2cccc(-c4cc(-c5ccccc5)nc(-c5ccccc5)n4)c2)c1)C(c1ccccn1)=CCC3. The molecule has 0 aliphatic heterocycles. The van der Waals surface area contributed by atoms with Crippen LogP contribution in [0, 0.1) is 0 Å². The molecule has 8 aromatic rings. The molecule has 4 heteroatoms. The third kappa shape index (κ3) is 6.50. The predicted molar refractivity (Wildman–Crippen MR) is 222 cm³/mol. The maximum Gasteiger partial charge on any atom is 0.160 e. The highest BCUT2D eigenvalue weighted by Gasteiger charge is 2.24. The molecule has 5 aromatic carbocycles. The number of aromatic nitrogens is 3. The molecule has 0 unspecified atom stereocenters. The summed E-state index contributed by atoms with van der Waals surface area (Å²) < 4.78 is 6.57. The van der Waals surface area contributed by atoms with E-state index in [2.05, 4.69) is 121 Å². The number of hydrogen-bond acceptors (Lipinski definition) is 4. The quantitative estimate of drug-likeness (QED) is 0.149. The monoisotopic (exact) mass is 695 g/mol. The summed E-state index contributed by atoms with van der Waals surface area (Å²) >= 11 is 0. The first kappa shape index (κ1) is 33.0. The largest absolute Gasteiger partial charge is 0.460 e. The molecule has 54 heavy (non-hydrogen) atoms. The fourth-order valence-electron chi connectivity index (χ4n) is 7.34. The molecule has 4 nitrogen and oxygen atoms in total. The van der Waals surface area contributed by atoms with Gasteiger partial charge in [-0.2, -0.15) is 0 Å². The van der Waals surface area contributed by atoms with E-state index in [-0.39, 0.29) is 0 Å². The van der Waals surface area contributed by atoms with Gasteiger partial charge in [-0.05, 0) is 83.6 Å². The summed E-state index contributed by atoms with van der Waals surface area (Å²) in [7, 11) is 0. The highest BCUT2D eigenvalue weighted by Crippen LogP contribution is 2.42. The van der Waals surface area contributed by atoms with Crippen molar-refractivity contribution in [1.29, 1.82) is 0 Å². The van der Waals surface area contributed by atoms with Gasteiger partial charge in [0.2, 0.25) is 0 Å². The lowest BCUT2D eigenvalue weighted by Gasteiger charge is -2.14. The van der Waals surface area contributed by atoms with Gasteiger partial charge in [0.15, 0.2) is 5.82 Å². The van der Waals surface area contributed by atoms with Gasteiger partial charge in [-0.1, -0.05) is 134 Å². The third-order valence-corrected chi connectivity index (χ3v) is 9.94. The lowest BCUT2D eigenvalue weighted by molar-refractivity contribution is 0.545. The Morgan fingerprint density at radius 3 is 1.98 bits per heavy atom. The van der Waals surface area contributed by atoms with Crippen molar-refractivity contribution in [2.24, 2.45) is 0 Å². The number of allylic oxidation sites excluding steroid dienone is 4. The lowest BCUT2D eigenvalue weighted by atomic mass is 9.89. The van der Waals surface area contributed by atoms with E-state index in [4.69, 9.17) is 19.4 Å². The van der Waals surface area contributed by atoms with E-state index in [9.17, 15) is 0 Å². The zero-order valence-electron chi connectivity index (χ0n) is 30.0. The van der Waals surface area contributed by atoms with Crippen LogP contribution in [0.2, 0.25) is 0 Å². The van der Waals surface area contributed by atoms with Crippen molar-refractivity contribution in [3.8, 4) is 56.2 Å². The van der Waals surface area contributed by atoms with Crippen molar-refractivity contribution < 1.29 is 4.42 Å².